The Hall–Kier alpha value is -1.51. The maximum Gasteiger partial charge on any atom is 0.112 e. The van der Waals surface area contributed by atoms with Gasteiger partial charge in [-0.3, -0.25) is 0 Å². The van der Waals surface area contributed by atoms with E-state index >= 15 is 0 Å². The molecule has 1 aromatic carbocycles. The Morgan fingerprint density at radius 2 is 1.90 bits per heavy atom. The largest absolute Gasteiger partial charge is 0.399 e. The summed E-state index contributed by atoms with van der Waals surface area (Å²) in [6.07, 6.45) is 4.44. The third kappa shape index (κ3) is 1.47. The molecule has 2 aromatic rings. The first kappa shape index (κ1) is 12.1. The molecule has 4 atom stereocenters. The van der Waals surface area contributed by atoms with Gasteiger partial charge in [0, 0.05) is 17.6 Å². The third-order valence-corrected chi connectivity index (χ3v) is 6.25. The molecule has 4 unspecified atom stereocenters. The fraction of sp³-hybridized carbons (Fsp3) is 0.611. The van der Waals surface area contributed by atoms with Crippen LogP contribution in [-0.4, -0.2) is 9.55 Å². The van der Waals surface area contributed by atoms with Gasteiger partial charge in [0.1, 0.15) is 5.82 Å². The molecule has 3 saturated carbocycles. The number of nitrogens with zero attached hydrogens (tertiary/aromatic N) is 2. The van der Waals surface area contributed by atoms with Crippen LogP contribution in [0.4, 0.5) is 5.69 Å². The number of nitrogens with two attached hydrogens (primary N) is 1. The summed E-state index contributed by atoms with van der Waals surface area (Å²) in [5.74, 6) is 5.60. The maximum atomic E-state index is 5.95. The Kier molecular flexibility index (Phi) is 2.20. The molecule has 110 valence electrons. The van der Waals surface area contributed by atoms with Crippen LogP contribution in [0.1, 0.15) is 50.9 Å². The molecule has 3 aliphatic carbocycles. The molecule has 0 radical (unpaired) electrons. The average Bonchev–Trinajstić information content (AvgIpc) is 2.80. The molecule has 2 bridgehead atoms. The molecule has 3 aliphatic rings. The summed E-state index contributed by atoms with van der Waals surface area (Å²) in [4.78, 5) is 4.91. The molecule has 21 heavy (non-hydrogen) atoms. The number of benzene rings is 1. The minimum atomic E-state index is 0.470. The second-order valence-corrected chi connectivity index (χ2v) is 7.72. The minimum absolute atomic E-state index is 0.470. The first-order chi connectivity index (χ1) is 10.1. The fourth-order valence-corrected chi connectivity index (χ4v) is 5.48. The van der Waals surface area contributed by atoms with Crippen LogP contribution in [-0.2, 0) is 0 Å². The summed E-state index contributed by atoms with van der Waals surface area (Å²) in [7, 11) is 0. The van der Waals surface area contributed by atoms with E-state index in [0.717, 1.165) is 40.9 Å². The SMILES string of the molecule is CC(C)c1nc2cc(N)ccc2n1C1C2C3CCC(C3)C21. The van der Waals surface area contributed by atoms with Crippen molar-refractivity contribution >= 4 is 16.7 Å². The molecule has 1 heterocycles. The monoisotopic (exact) mass is 281 g/mol. The predicted molar refractivity (Wildman–Crippen MR) is 85.1 cm³/mol. The number of fused-ring (bicyclic) bond motifs is 6. The predicted octanol–water partition coefficient (Wildman–Crippen LogP) is 3.96. The Balaban J connectivity index is 1.67. The van der Waals surface area contributed by atoms with Gasteiger partial charge in [-0.05, 0) is 61.1 Å². The van der Waals surface area contributed by atoms with Crippen LogP contribution in [0.15, 0.2) is 18.2 Å². The van der Waals surface area contributed by atoms with Crippen molar-refractivity contribution in [2.45, 2.75) is 45.1 Å². The topological polar surface area (TPSA) is 43.8 Å². The zero-order valence-electron chi connectivity index (χ0n) is 12.8. The number of hydrogen-bond donors (Lipinski definition) is 1. The number of imidazole rings is 1. The van der Waals surface area contributed by atoms with Gasteiger partial charge in [-0.1, -0.05) is 13.8 Å². The molecular formula is C18H23N3. The smallest absolute Gasteiger partial charge is 0.112 e. The highest BCUT2D eigenvalue weighted by Crippen LogP contribution is 2.72. The zero-order valence-corrected chi connectivity index (χ0v) is 12.8. The second-order valence-electron chi connectivity index (χ2n) is 7.72. The summed E-state index contributed by atoms with van der Waals surface area (Å²) in [6, 6.07) is 6.96. The molecule has 2 N–H and O–H groups in total. The van der Waals surface area contributed by atoms with E-state index in [9.17, 15) is 0 Å². The van der Waals surface area contributed by atoms with Crippen molar-refractivity contribution in [3.05, 3.63) is 24.0 Å². The van der Waals surface area contributed by atoms with Crippen molar-refractivity contribution in [3.63, 3.8) is 0 Å². The normalized spacial score (nSPS) is 36.6. The van der Waals surface area contributed by atoms with Crippen LogP contribution in [0.25, 0.3) is 11.0 Å². The van der Waals surface area contributed by atoms with Crippen molar-refractivity contribution < 1.29 is 0 Å². The molecule has 0 aliphatic heterocycles. The van der Waals surface area contributed by atoms with Crippen molar-refractivity contribution in [2.75, 3.05) is 5.73 Å². The van der Waals surface area contributed by atoms with Gasteiger partial charge in [-0.15, -0.1) is 0 Å². The van der Waals surface area contributed by atoms with E-state index in [2.05, 4.69) is 24.5 Å². The van der Waals surface area contributed by atoms with Gasteiger partial charge < -0.3 is 10.3 Å². The van der Waals surface area contributed by atoms with Gasteiger partial charge in [0.15, 0.2) is 0 Å². The van der Waals surface area contributed by atoms with E-state index in [0.29, 0.717) is 5.92 Å². The lowest BCUT2D eigenvalue weighted by atomic mass is 10.0. The standard InChI is InChI=1S/C18H23N3/c1-9(2)18-20-13-8-12(19)5-6-14(13)21(18)17-15-10-3-4-11(7-10)16(15)17/h5-6,8-11,15-17H,3-4,7,19H2,1-2H3. The lowest BCUT2D eigenvalue weighted by Gasteiger charge is -2.16. The molecule has 5 rings (SSSR count). The van der Waals surface area contributed by atoms with Crippen LogP contribution in [0, 0.1) is 23.7 Å². The zero-order chi connectivity index (χ0) is 14.3. The van der Waals surface area contributed by atoms with E-state index in [4.69, 9.17) is 10.7 Å². The quantitative estimate of drug-likeness (QED) is 0.847. The van der Waals surface area contributed by atoms with Gasteiger partial charge in [0.2, 0.25) is 0 Å². The second kappa shape index (κ2) is 3.82. The van der Waals surface area contributed by atoms with Gasteiger partial charge in [0.25, 0.3) is 0 Å². The van der Waals surface area contributed by atoms with Crippen LogP contribution in [0.2, 0.25) is 0 Å². The number of nitrogen functional groups attached to an aromatic ring is 1. The molecular weight excluding hydrogens is 258 g/mol. The lowest BCUT2D eigenvalue weighted by Crippen LogP contribution is -2.09. The van der Waals surface area contributed by atoms with Crippen molar-refractivity contribution in [2.24, 2.45) is 23.7 Å². The number of aromatic nitrogens is 2. The number of hydrogen-bond acceptors (Lipinski definition) is 2. The van der Waals surface area contributed by atoms with Gasteiger partial charge in [-0.2, -0.15) is 0 Å². The molecule has 3 fully saturated rings. The van der Waals surface area contributed by atoms with Gasteiger partial charge in [-0.25, -0.2) is 4.98 Å². The summed E-state index contributed by atoms with van der Waals surface area (Å²) in [5, 5.41) is 0. The Morgan fingerprint density at radius 3 is 2.57 bits per heavy atom. The lowest BCUT2D eigenvalue weighted by molar-refractivity contribution is 0.448. The Bertz CT molecular complexity index is 713. The first-order valence-electron chi connectivity index (χ1n) is 8.42. The summed E-state index contributed by atoms with van der Waals surface area (Å²) in [6.45, 7) is 4.52. The molecule has 3 heteroatoms. The molecule has 1 aromatic heterocycles. The van der Waals surface area contributed by atoms with Crippen molar-refractivity contribution in [3.8, 4) is 0 Å². The molecule has 0 amide bonds. The summed E-state index contributed by atoms with van der Waals surface area (Å²) < 4.78 is 2.58. The molecule has 0 saturated heterocycles. The fourth-order valence-electron chi connectivity index (χ4n) is 5.48. The van der Waals surface area contributed by atoms with Crippen molar-refractivity contribution in [1.29, 1.82) is 0 Å². The maximum absolute atomic E-state index is 5.95. The van der Waals surface area contributed by atoms with E-state index in [1.165, 1.54) is 30.6 Å². The van der Waals surface area contributed by atoms with E-state index in [1.54, 1.807) is 0 Å². The Morgan fingerprint density at radius 1 is 1.19 bits per heavy atom. The van der Waals surface area contributed by atoms with E-state index in [1.807, 2.05) is 12.1 Å². The van der Waals surface area contributed by atoms with Crippen LogP contribution in [0.5, 0.6) is 0 Å². The first-order valence-corrected chi connectivity index (χ1v) is 8.42. The van der Waals surface area contributed by atoms with Crippen LogP contribution >= 0.6 is 0 Å². The number of rotatable bonds is 2. The van der Waals surface area contributed by atoms with E-state index < -0.39 is 0 Å². The molecule has 3 nitrogen and oxygen atoms in total. The van der Waals surface area contributed by atoms with Crippen LogP contribution < -0.4 is 5.73 Å². The van der Waals surface area contributed by atoms with Gasteiger partial charge >= 0.3 is 0 Å². The highest BCUT2D eigenvalue weighted by Gasteiger charge is 2.66. The van der Waals surface area contributed by atoms with E-state index in [-0.39, 0.29) is 0 Å². The minimum Gasteiger partial charge on any atom is -0.399 e. The highest BCUT2D eigenvalue weighted by molar-refractivity contribution is 5.80. The molecule has 0 spiro atoms. The summed E-state index contributed by atoms with van der Waals surface area (Å²) in [5.41, 5.74) is 9.14. The third-order valence-electron chi connectivity index (χ3n) is 6.25. The van der Waals surface area contributed by atoms with Crippen LogP contribution in [0.3, 0.4) is 0 Å². The Labute approximate surface area is 125 Å². The average molecular weight is 281 g/mol. The van der Waals surface area contributed by atoms with Gasteiger partial charge in [0.05, 0.1) is 11.0 Å². The highest BCUT2D eigenvalue weighted by atomic mass is 15.2. The number of anilines is 1. The van der Waals surface area contributed by atoms with Crippen molar-refractivity contribution in [1.82, 2.24) is 9.55 Å². The summed E-state index contributed by atoms with van der Waals surface area (Å²) >= 11 is 0.